The van der Waals surface area contributed by atoms with Crippen LogP contribution in [0.25, 0.3) is 6.08 Å². The number of hydrogen-bond acceptors (Lipinski definition) is 8. The van der Waals surface area contributed by atoms with E-state index in [1.165, 1.54) is 22.7 Å². The molecule has 0 radical (unpaired) electrons. The van der Waals surface area contributed by atoms with Crippen LogP contribution in [-0.4, -0.2) is 30.9 Å². The van der Waals surface area contributed by atoms with Gasteiger partial charge in [-0.2, -0.15) is 0 Å². The molecule has 3 aromatic rings. The molecule has 1 aliphatic rings. The zero-order valence-corrected chi connectivity index (χ0v) is 20.4. The first-order valence-corrected chi connectivity index (χ1v) is 12.2. The molecule has 0 aliphatic carbocycles. The smallest absolute Gasteiger partial charge is 0.338 e. The third kappa shape index (κ3) is 4.38. The van der Waals surface area contributed by atoms with Crippen LogP contribution in [0.5, 0.6) is 11.5 Å². The fourth-order valence-electron chi connectivity index (χ4n) is 3.71. The number of nitrogens with zero attached hydrogens (tertiary/aromatic N) is 2. The van der Waals surface area contributed by atoms with Gasteiger partial charge in [0.05, 0.1) is 36.1 Å². The fourth-order valence-corrected chi connectivity index (χ4v) is 5.58. The summed E-state index contributed by atoms with van der Waals surface area (Å²) in [5.41, 5.74) is 1.54. The molecule has 0 bridgehead atoms. The summed E-state index contributed by atoms with van der Waals surface area (Å²) >= 11 is 2.78. The fraction of sp³-hybridized carbons (Fsp3) is 0.292. The van der Waals surface area contributed by atoms with Crippen molar-refractivity contribution in [2.75, 3.05) is 20.3 Å². The molecule has 33 heavy (non-hydrogen) atoms. The molecular weight excluding hydrogens is 460 g/mol. The third-order valence-electron chi connectivity index (χ3n) is 5.11. The van der Waals surface area contributed by atoms with Crippen LogP contribution in [0.1, 0.15) is 37.3 Å². The van der Waals surface area contributed by atoms with Gasteiger partial charge in [-0.05, 0) is 56.0 Å². The van der Waals surface area contributed by atoms with Crippen molar-refractivity contribution in [2.24, 2.45) is 4.99 Å². The van der Waals surface area contributed by atoms with E-state index in [0.717, 1.165) is 10.4 Å². The Hall–Kier alpha value is -3.17. The molecule has 0 amide bonds. The molecule has 1 aromatic carbocycles. The van der Waals surface area contributed by atoms with E-state index < -0.39 is 12.0 Å². The first-order valence-electron chi connectivity index (χ1n) is 10.5. The Morgan fingerprint density at radius 2 is 2.03 bits per heavy atom. The van der Waals surface area contributed by atoms with E-state index in [1.807, 2.05) is 42.6 Å². The molecule has 0 unspecified atom stereocenters. The van der Waals surface area contributed by atoms with E-state index in [-0.39, 0.29) is 12.2 Å². The maximum atomic E-state index is 13.5. The number of hydrogen-bond donors (Lipinski definition) is 0. The van der Waals surface area contributed by atoms with Gasteiger partial charge in [0.1, 0.15) is 6.04 Å². The van der Waals surface area contributed by atoms with Crippen molar-refractivity contribution >= 4 is 34.7 Å². The van der Waals surface area contributed by atoms with Crippen LogP contribution >= 0.6 is 22.7 Å². The highest BCUT2D eigenvalue weighted by atomic mass is 32.1. The monoisotopic (exact) mass is 484 g/mol. The second-order valence-electron chi connectivity index (χ2n) is 7.16. The zero-order valence-electron chi connectivity index (χ0n) is 18.8. The van der Waals surface area contributed by atoms with Gasteiger partial charge >= 0.3 is 5.97 Å². The number of allylic oxidation sites excluding steroid dienone is 1. The summed E-state index contributed by atoms with van der Waals surface area (Å²) in [6.45, 7) is 6.22. The SMILES string of the molecule is CCOC(=O)C1=C(C)N=c2s/c(=C\c3ccc(OCC)c(OC)c3)c(=O)n2[C@H]1c1cccs1. The average molecular weight is 485 g/mol. The van der Waals surface area contributed by atoms with E-state index in [2.05, 4.69) is 4.99 Å². The Kier molecular flexibility index (Phi) is 6.80. The maximum Gasteiger partial charge on any atom is 0.338 e. The van der Waals surface area contributed by atoms with Crippen molar-refractivity contribution in [1.29, 1.82) is 0 Å². The Morgan fingerprint density at radius 3 is 2.70 bits per heavy atom. The summed E-state index contributed by atoms with van der Waals surface area (Å²) in [4.78, 5) is 32.4. The highest BCUT2D eigenvalue weighted by Gasteiger charge is 2.33. The van der Waals surface area contributed by atoms with E-state index in [0.29, 0.717) is 38.7 Å². The van der Waals surface area contributed by atoms with Crippen molar-refractivity contribution in [3.8, 4) is 11.5 Å². The topological polar surface area (TPSA) is 79.1 Å². The van der Waals surface area contributed by atoms with Gasteiger partial charge in [0.15, 0.2) is 16.3 Å². The minimum absolute atomic E-state index is 0.209. The summed E-state index contributed by atoms with van der Waals surface area (Å²) in [5, 5.41) is 1.93. The summed E-state index contributed by atoms with van der Waals surface area (Å²) < 4.78 is 18.4. The molecule has 0 spiro atoms. The van der Waals surface area contributed by atoms with E-state index in [1.54, 1.807) is 31.6 Å². The van der Waals surface area contributed by atoms with Gasteiger partial charge in [-0.15, -0.1) is 11.3 Å². The number of ether oxygens (including phenoxy) is 3. The number of thiazole rings is 1. The third-order valence-corrected chi connectivity index (χ3v) is 7.02. The average Bonchev–Trinajstić information content (AvgIpc) is 3.43. The standard InChI is InChI=1S/C24H24N2O5S2/c1-5-30-16-10-9-15(12-17(16)29-4)13-19-22(27)26-21(18-8-7-11-32-18)20(23(28)31-6-2)14(3)25-24(26)33-19/h7-13,21H,5-6H2,1-4H3/b19-13-/t21-/m0/s1. The van der Waals surface area contributed by atoms with Crippen LogP contribution in [0.4, 0.5) is 0 Å². The Labute approximate surface area is 198 Å². The second-order valence-corrected chi connectivity index (χ2v) is 9.15. The van der Waals surface area contributed by atoms with Gasteiger partial charge < -0.3 is 14.2 Å². The quantitative estimate of drug-likeness (QED) is 0.481. The first kappa shape index (κ1) is 23.0. The van der Waals surface area contributed by atoms with E-state index in [9.17, 15) is 9.59 Å². The lowest BCUT2D eigenvalue weighted by Crippen LogP contribution is -2.39. The minimum atomic E-state index is -0.572. The lowest BCUT2D eigenvalue weighted by molar-refractivity contribution is -0.139. The van der Waals surface area contributed by atoms with Gasteiger partial charge in [-0.25, -0.2) is 9.79 Å². The molecule has 0 saturated carbocycles. The van der Waals surface area contributed by atoms with Crippen LogP contribution < -0.4 is 24.4 Å². The van der Waals surface area contributed by atoms with Crippen molar-refractivity contribution in [2.45, 2.75) is 26.8 Å². The molecule has 9 heteroatoms. The molecule has 0 saturated heterocycles. The molecular formula is C24H24N2O5S2. The number of thiophene rings is 1. The molecule has 1 atom stereocenters. The number of fused-ring (bicyclic) bond motifs is 1. The molecule has 172 valence electrons. The predicted octanol–water partition coefficient (Wildman–Crippen LogP) is 3.27. The van der Waals surface area contributed by atoms with Crippen LogP contribution in [0.2, 0.25) is 0 Å². The van der Waals surface area contributed by atoms with Crippen molar-refractivity contribution in [3.05, 3.63) is 77.1 Å². The van der Waals surface area contributed by atoms with Crippen molar-refractivity contribution < 1.29 is 19.0 Å². The molecule has 0 N–H and O–H groups in total. The van der Waals surface area contributed by atoms with Crippen LogP contribution in [0, 0.1) is 0 Å². The van der Waals surface area contributed by atoms with Gasteiger partial charge in [0.2, 0.25) is 0 Å². The normalized spacial score (nSPS) is 15.8. The van der Waals surface area contributed by atoms with Gasteiger partial charge in [-0.3, -0.25) is 9.36 Å². The first-order chi connectivity index (χ1) is 16.0. The maximum absolute atomic E-state index is 13.5. The number of methoxy groups -OCH3 is 1. The van der Waals surface area contributed by atoms with Gasteiger partial charge in [-0.1, -0.05) is 23.5 Å². The highest BCUT2D eigenvalue weighted by Crippen LogP contribution is 2.33. The van der Waals surface area contributed by atoms with Crippen molar-refractivity contribution in [1.82, 2.24) is 4.57 Å². The summed E-state index contributed by atoms with van der Waals surface area (Å²) in [6, 6.07) is 8.77. The lowest BCUT2D eigenvalue weighted by Gasteiger charge is -2.23. The summed E-state index contributed by atoms with van der Waals surface area (Å²) in [5.74, 6) is 0.781. The second kappa shape index (κ2) is 9.76. The van der Waals surface area contributed by atoms with E-state index >= 15 is 0 Å². The lowest BCUT2D eigenvalue weighted by atomic mass is 10.0. The molecule has 2 aromatic heterocycles. The number of carbonyl (C=O) groups excluding carboxylic acids is 1. The molecule has 1 aliphatic heterocycles. The summed E-state index contributed by atoms with van der Waals surface area (Å²) in [7, 11) is 1.58. The van der Waals surface area contributed by atoms with Crippen molar-refractivity contribution in [3.63, 3.8) is 0 Å². The molecule has 7 nitrogen and oxygen atoms in total. The molecule has 4 rings (SSSR count). The van der Waals surface area contributed by atoms with Gasteiger partial charge in [0.25, 0.3) is 5.56 Å². The predicted molar refractivity (Wildman–Crippen MR) is 129 cm³/mol. The van der Waals surface area contributed by atoms with Crippen LogP contribution in [-0.2, 0) is 9.53 Å². The van der Waals surface area contributed by atoms with Gasteiger partial charge in [0, 0.05) is 4.88 Å². The number of aromatic nitrogens is 1. The number of rotatable bonds is 7. The largest absolute Gasteiger partial charge is 0.493 e. The molecule has 0 fully saturated rings. The summed E-state index contributed by atoms with van der Waals surface area (Å²) in [6.07, 6.45) is 1.80. The number of benzene rings is 1. The van der Waals surface area contributed by atoms with E-state index in [4.69, 9.17) is 14.2 Å². The zero-order chi connectivity index (χ0) is 23.5. The highest BCUT2D eigenvalue weighted by molar-refractivity contribution is 7.10. The minimum Gasteiger partial charge on any atom is -0.493 e. The molecule has 3 heterocycles. The Balaban J connectivity index is 1.87. The van der Waals surface area contributed by atoms with Crippen LogP contribution in [0.15, 0.2) is 56.8 Å². The number of carbonyl (C=O) groups is 1. The number of esters is 1. The Bertz CT molecular complexity index is 1380. The Morgan fingerprint density at radius 1 is 1.21 bits per heavy atom. The van der Waals surface area contributed by atoms with Crippen LogP contribution in [0.3, 0.4) is 0 Å².